The Morgan fingerprint density at radius 1 is 1.56 bits per heavy atom. The molecule has 1 N–H and O–H groups in total. The third kappa shape index (κ3) is 2.75. The van der Waals surface area contributed by atoms with Gasteiger partial charge in [-0.1, -0.05) is 30.8 Å². The fraction of sp³-hybridized carbons (Fsp3) is 0.700. The minimum Gasteiger partial charge on any atom is -0.357 e. The molecule has 0 bridgehead atoms. The molecular formula is C10H16N4OS. The first kappa shape index (κ1) is 11.4. The largest absolute Gasteiger partial charge is 0.357 e. The van der Waals surface area contributed by atoms with Gasteiger partial charge in [0.2, 0.25) is 5.89 Å². The average molecular weight is 240 g/mol. The van der Waals surface area contributed by atoms with E-state index in [4.69, 9.17) is 4.52 Å². The summed E-state index contributed by atoms with van der Waals surface area (Å²) in [6.07, 6.45) is 0. The van der Waals surface area contributed by atoms with Crippen LogP contribution in [0.5, 0.6) is 0 Å². The molecule has 5 nitrogen and oxygen atoms in total. The van der Waals surface area contributed by atoms with E-state index in [1.54, 1.807) is 18.7 Å². The van der Waals surface area contributed by atoms with Crippen molar-refractivity contribution in [2.75, 3.05) is 6.54 Å². The van der Waals surface area contributed by atoms with Gasteiger partial charge in [0.25, 0.3) is 0 Å². The molecule has 2 heterocycles. The minimum absolute atomic E-state index is 0.577. The monoisotopic (exact) mass is 240 g/mol. The fourth-order valence-electron chi connectivity index (χ4n) is 1.40. The highest BCUT2D eigenvalue weighted by atomic mass is 32.2. The van der Waals surface area contributed by atoms with Crippen LogP contribution in [0.2, 0.25) is 0 Å². The fourth-order valence-corrected chi connectivity index (χ4v) is 2.42. The van der Waals surface area contributed by atoms with Gasteiger partial charge in [0, 0.05) is 12.2 Å². The molecule has 1 aliphatic heterocycles. The number of thioether (sulfide) groups is 1. The van der Waals surface area contributed by atoms with E-state index in [1.165, 1.54) is 0 Å². The van der Waals surface area contributed by atoms with E-state index in [0.29, 0.717) is 29.4 Å². The van der Waals surface area contributed by atoms with Gasteiger partial charge in [-0.2, -0.15) is 4.98 Å². The summed E-state index contributed by atoms with van der Waals surface area (Å²) in [6, 6.07) is 0. The van der Waals surface area contributed by atoms with E-state index in [1.807, 2.05) is 0 Å². The minimum atomic E-state index is 0.577. The quantitative estimate of drug-likeness (QED) is 0.869. The topological polar surface area (TPSA) is 63.3 Å². The normalized spacial score (nSPS) is 20.2. The van der Waals surface area contributed by atoms with Crippen molar-refractivity contribution in [3.63, 3.8) is 0 Å². The molecule has 1 aromatic rings. The van der Waals surface area contributed by atoms with Crippen LogP contribution in [0.3, 0.4) is 0 Å². The molecule has 1 aliphatic rings. The summed E-state index contributed by atoms with van der Waals surface area (Å²) < 4.78 is 4.89. The zero-order valence-corrected chi connectivity index (χ0v) is 10.5. The molecule has 0 spiro atoms. The molecule has 2 rings (SSSR count). The number of nitrogens with one attached hydrogen (secondary N) is 1. The van der Waals surface area contributed by atoms with Gasteiger partial charge in [-0.05, 0) is 5.92 Å². The Hall–Kier alpha value is -1.04. The van der Waals surface area contributed by atoms with Crippen molar-refractivity contribution in [2.45, 2.75) is 32.6 Å². The molecule has 0 fully saturated rings. The molecule has 0 amide bonds. The van der Waals surface area contributed by atoms with Gasteiger partial charge in [-0.15, -0.1) is 0 Å². The standard InChI is InChI=1S/C10H16N4OS/c1-6(2)8-4-11-10(16-8)12-5-9-13-7(3)15-14-9/h6,8H,4-5H2,1-3H3,(H,11,12). The van der Waals surface area contributed by atoms with Crippen molar-refractivity contribution in [3.05, 3.63) is 11.7 Å². The van der Waals surface area contributed by atoms with E-state index in [2.05, 4.69) is 34.3 Å². The van der Waals surface area contributed by atoms with Gasteiger partial charge in [-0.3, -0.25) is 4.99 Å². The van der Waals surface area contributed by atoms with Crippen LogP contribution < -0.4 is 5.32 Å². The summed E-state index contributed by atoms with van der Waals surface area (Å²) in [7, 11) is 0. The second-order valence-corrected chi connectivity index (χ2v) is 5.36. The predicted molar refractivity (Wildman–Crippen MR) is 64.4 cm³/mol. The van der Waals surface area contributed by atoms with E-state index >= 15 is 0 Å². The maximum Gasteiger partial charge on any atom is 0.223 e. The zero-order chi connectivity index (χ0) is 11.5. The molecule has 1 unspecified atom stereocenters. The summed E-state index contributed by atoms with van der Waals surface area (Å²) in [6.45, 7) is 7.70. The third-order valence-electron chi connectivity index (χ3n) is 2.39. The Labute approximate surface area is 99.1 Å². The van der Waals surface area contributed by atoms with Crippen LogP contribution in [0.25, 0.3) is 0 Å². The Bertz CT molecular complexity index is 388. The Kier molecular flexibility index (Phi) is 3.48. The number of amidine groups is 1. The summed E-state index contributed by atoms with van der Waals surface area (Å²) in [5, 5.41) is 8.62. The molecular weight excluding hydrogens is 224 g/mol. The second-order valence-electron chi connectivity index (χ2n) is 4.13. The molecule has 16 heavy (non-hydrogen) atoms. The highest BCUT2D eigenvalue weighted by molar-refractivity contribution is 8.14. The van der Waals surface area contributed by atoms with Gasteiger partial charge in [0.15, 0.2) is 11.0 Å². The molecule has 0 saturated carbocycles. The molecule has 1 aromatic heterocycles. The number of aromatic nitrogens is 2. The molecule has 0 aromatic carbocycles. The van der Waals surface area contributed by atoms with Crippen molar-refractivity contribution >= 4 is 16.9 Å². The molecule has 0 saturated heterocycles. The maximum atomic E-state index is 4.89. The predicted octanol–water partition coefficient (Wildman–Crippen LogP) is 1.60. The van der Waals surface area contributed by atoms with Crippen molar-refractivity contribution in [3.8, 4) is 0 Å². The van der Waals surface area contributed by atoms with Crippen LogP contribution in [0, 0.1) is 12.8 Å². The molecule has 0 aliphatic carbocycles. The van der Waals surface area contributed by atoms with Gasteiger partial charge < -0.3 is 9.84 Å². The van der Waals surface area contributed by atoms with E-state index in [9.17, 15) is 0 Å². The third-order valence-corrected chi connectivity index (χ3v) is 3.88. The molecule has 1 atom stereocenters. The zero-order valence-electron chi connectivity index (χ0n) is 9.73. The molecule has 0 radical (unpaired) electrons. The number of hydrogen-bond donors (Lipinski definition) is 1. The highest BCUT2D eigenvalue weighted by Crippen LogP contribution is 2.25. The lowest BCUT2D eigenvalue weighted by atomic mass is 10.1. The molecule has 6 heteroatoms. The Morgan fingerprint density at radius 2 is 2.38 bits per heavy atom. The number of aliphatic imine (C=N–C) groups is 1. The lowest BCUT2D eigenvalue weighted by molar-refractivity contribution is 0.387. The van der Waals surface area contributed by atoms with Crippen LogP contribution in [0.1, 0.15) is 25.6 Å². The van der Waals surface area contributed by atoms with Gasteiger partial charge in [0.05, 0.1) is 13.1 Å². The van der Waals surface area contributed by atoms with Crippen LogP contribution in [-0.4, -0.2) is 27.1 Å². The summed E-state index contributed by atoms with van der Waals surface area (Å²) in [4.78, 5) is 8.56. The maximum absolute atomic E-state index is 4.89. The molecule has 88 valence electrons. The summed E-state index contributed by atoms with van der Waals surface area (Å²) in [5.41, 5.74) is 0. The number of nitrogens with zero attached hydrogens (tertiary/aromatic N) is 3. The lowest BCUT2D eigenvalue weighted by Gasteiger charge is -2.11. The second kappa shape index (κ2) is 4.86. The van der Waals surface area contributed by atoms with Crippen LogP contribution in [0.15, 0.2) is 9.52 Å². The van der Waals surface area contributed by atoms with Crippen LogP contribution in [-0.2, 0) is 6.54 Å². The Balaban J connectivity index is 1.80. The van der Waals surface area contributed by atoms with Crippen molar-refractivity contribution < 1.29 is 4.52 Å². The van der Waals surface area contributed by atoms with E-state index < -0.39 is 0 Å². The lowest BCUT2D eigenvalue weighted by Crippen LogP contribution is -2.20. The number of hydrogen-bond acceptors (Lipinski definition) is 6. The smallest absolute Gasteiger partial charge is 0.223 e. The van der Waals surface area contributed by atoms with E-state index in [-0.39, 0.29) is 0 Å². The SMILES string of the molecule is Cc1nc(CNC2=NCC(C(C)C)S2)no1. The average Bonchev–Trinajstić information content (AvgIpc) is 2.83. The van der Waals surface area contributed by atoms with Crippen molar-refractivity contribution in [1.29, 1.82) is 0 Å². The first-order chi connectivity index (χ1) is 7.65. The highest BCUT2D eigenvalue weighted by Gasteiger charge is 2.22. The van der Waals surface area contributed by atoms with Crippen LogP contribution >= 0.6 is 11.8 Å². The van der Waals surface area contributed by atoms with Crippen LogP contribution in [0.4, 0.5) is 0 Å². The summed E-state index contributed by atoms with van der Waals surface area (Å²) in [5.74, 6) is 1.92. The van der Waals surface area contributed by atoms with Gasteiger partial charge in [0.1, 0.15) is 0 Å². The number of aryl methyl sites for hydroxylation is 1. The first-order valence-corrected chi connectivity index (χ1v) is 6.27. The first-order valence-electron chi connectivity index (χ1n) is 5.39. The van der Waals surface area contributed by atoms with Crippen molar-refractivity contribution in [2.24, 2.45) is 10.9 Å². The number of rotatable bonds is 3. The Morgan fingerprint density at radius 3 is 2.94 bits per heavy atom. The van der Waals surface area contributed by atoms with Crippen molar-refractivity contribution in [1.82, 2.24) is 15.5 Å². The van der Waals surface area contributed by atoms with Gasteiger partial charge in [-0.25, -0.2) is 0 Å². The summed E-state index contributed by atoms with van der Waals surface area (Å²) >= 11 is 1.80. The van der Waals surface area contributed by atoms with Gasteiger partial charge >= 0.3 is 0 Å². The van der Waals surface area contributed by atoms with E-state index in [0.717, 1.165) is 11.7 Å².